The summed E-state index contributed by atoms with van der Waals surface area (Å²) in [4.78, 5) is 50.4. The van der Waals surface area contributed by atoms with Crippen LogP contribution < -0.4 is 20.7 Å². The molecule has 1 aliphatic carbocycles. The van der Waals surface area contributed by atoms with E-state index in [-0.39, 0.29) is 54.1 Å². The molecule has 4 N–H and O–H groups in total. The van der Waals surface area contributed by atoms with Gasteiger partial charge in [0.1, 0.15) is 28.7 Å². The van der Waals surface area contributed by atoms with Crippen molar-refractivity contribution in [2.24, 2.45) is 5.41 Å². The van der Waals surface area contributed by atoms with Gasteiger partial charge in [-0.3, -0.25) is 19.4 Å². The first-order valence-corrected chi connectivity index (χ1v) is 13.0. The van der Waals surface area contributed by atoms with E-state index in [2.05, 4.69) is 30.9 Å². The molecule has 3 aromatic rings. The molecule has 1 fully saturated rings. The van der Waals surface area contributed by atoms with E-state index < -0.39 is 41.7 Å². The number of methoxy groups -OCH3 is 1. The lowest BCUT2D eigenvalue weighted by Crippen LogP contribution is -2.53. The summed E-state index contributed by atoms with van der Waals surface area (Å²) in [6, 6.07) is 5.15. The maximum absolute atomic E-state index is 15.4. The molecule has 0 unspecified atom stereocenters. The van der Waals surface area contributed by atoms with Gasteiger partial charge in [-0.05, 0) is 31.0 Å². The molecule has 2 aliphatic rings. The van der Waals surface area contributed by atoms with Gasteiger partial charge in [0.25, 0.3) is 0 Å². The number of hydrogen-bond donors (Lipinski definition) is 4. The van der Waals surface area contributed by atoms with E-state index in [1.165, 1.54) is 37.2 Å². The van der Waals surface area contributed by atoms with Gasteiger partial charge in [-0.2, -0.15) is 0 Å². The number of alkyl halides is 1. The fraction of sp³-hybridized carbons (Fsp3) is 0.360. The number of nitrogens with zero attached hydrogens (tertiary/aromatic N) is 3. The SMILES string of the molecule is COc1ccc2nccc(NC(=O)[C@@]3(C(=O)O)CC[C@@H](NCc4nc5c(cc4F)SCC(=O)N5)[C@@H](F)C3)c2n1. The lowest BCUT2D eigenvalue weighted by Gasteiger charge is -2.38. The maximum atomic E-state index is 15.4. The van der Waals surface area contributed by atoms with Crippen LogP contribution in [0.2, 0.25) is 0 Å². The molecule has 39 heavy (non-hydrogen) atoms. The summed E-state index contributed by atoms with van der Waals surface area (Å²) >= 11 is 1.17. The van der Waals surface area contributed by atoms with Crippen LogP contribution in [-0.2, 0) is 20.9 Å². The number of hydrogen-bond acceptors (Lipinski definition) is 9. The van der Waals surface area contributed by atoms with Crippen LogP contribution in [0.15, 0.2) is 35.4 Å². The Kier molecular flexibility index (Phi) is 7.32. The number of ether oxygens (including phenoxy) is 1. The molecular weight excluding hydrogens is 534 g/mol. The zero-order chi connectivity index (χ0) is 27.7. The Morgan fingerprint density at radius 2 is 2.13 bits per heavy atom. The van der Waals surface area contributed by atoms with Gasteiger partial charge in [0, 0.05) is 31.3 Å². The highest BCUT2D eigenvalue weighted by atomic mass is 32.2. The molecule has 0 radical (unpaired) electrons. The molecule has 1 aliphatic heterocycles. The summed E-state index contributed by atoms with van der Waals surface area (Å²) in [6.07, 6.45) is -1.01. The summed E-state index contributed by atoms with van der Waals surface area (Å²) in [6.45, 7) is -0.145. The zero-order valence-corrected chi connectivity index (χ0v) is 21.5. The minimum Gasteiger partial charge on any atom is -0.481 e. The Labute approximate surface area is 225 Å². The average Bonchev–Trinajstić information content (AvgIpc) is 2.92. The Morgan fingerprint density at radius 1 is 1.31 bits per heavy atom. The van der Waals surface area contributed by atoms with Gasteiger partial charge in [-0.1, -0.05) is 0 Å². The highest BCUT2D eigenvalue weighted by Gasteiger charge is 2.52. The summed E-state index contributed by atoms with van der Waals surface area (Å²) in [5.41, 5.74) is -1.06. The van der Waals surface area contributed by atoms with Gasteiger partial charge in [0.05, 0.1) is 34.7 Å². The smallest absolute Gasteiger partial charge is 0.319 e. The number of carboxylic acids is 1. The van der Waals surface area contributed by atoms with Crippen LogP contribution in [-0.4, -0.2) is 62.9 Å². The van der Waals surface area contributed by atoms with E-state index in [1.54, 1.807) is 12.1 Å². The van der Waals surface area contributed by atoms with Crippen molar-refractivity contribution >= 4 is 52.1 Å². The predicted molar refractivity (Wildman–Crippen MR) is 138 cm³/mol. The van der Waals surface area contributed by atoms with Crippen LogP contribution in [0.4, 0.5) is 20.3 Å². The van der Waals surface area contributed by atoms with Crippen LogP contribution in [0.25, 0.3) is 11.0 Å². The van der Waals surface area contributed by atoms with Crippen molar-refractivity contribution in [3.05, 3.63) is 42.0 Å². The molecular formula is C25H24F2N6O5S. The minimum atomic E-state index is -2.02. The minimum absolute atomic E-state index is 0.00317. The van der Waals surface area contributed by atoms with E-state index in [1.807, 2.05) is 0 Å². The van der Waals surface area contributed by atoms with Crippen molar-refractivity contribution < 1.29 is 33.0 Å². The monoisotopic (exact) mass is 558 g/mol. The van der Waals surface area contributed by atoms with E-state index in [4.69, 9.17) is 4.74 Å². The molecule has 2 amide bonds. The van der Waals surface area contributed by atoms with Crippen molar-refractivity contribution in [1.82, 2.24) is 20.3 Å². The third-order valence-corrected chi connectivity index (χ3v) is 7.91. The lowest BCUT2D eigenvalue weighted by molar-refractivity contribution is -0.158. The second-order valence-corrected chi connectivity index (χ2v) is 10.3. The molecule has 11 nitrogen and oxygen atoms in total. The van der Waals surface area contributed by atoms with Crippen molar-refractivity contribution in [1.29, 1.82) is 0 Å². The molecule has 3 aromatic heterocycles. The second-order valence-electron chi connectivity index (χ2n) is 9.27. The maximum Gasteiger partial charge on any atom is 0.319 e. The third kappa shape index (κ3) is 5.21. The highest BCUT2D eigenvalue weighted by molar-refractivity contribution is 8.00. The number of amides is 2. The largest absolute Gasteiger partial charge is 0.481 e. The molecule has 204 valence electrons. The van der Waals surface area contributed by atoms with Crippen molar-refractivity contribution in [2.45, 2.75) is 42.9 Å². The van der Waals surface area contributed by atoms with Gasteiger partial charge in [0.15, 0.2) is 0 Å². The van der Waals surface area contributed by atoms with Gasteiger partial charge < -0.3 is 25.8 Å². The normalized spacial score (nSPS) is 22.6. The zero-order valence-electron chi connectivity index (χ0n) is 20.7. The fourth-order valence-electron chi connectivity index (χ4n) is 4.72. The van der Waals surface area contributed by atoms with Crippen LogP contribution in [0.5, 0.6) is 5.88 Å². The first-order valence-electron chi connectivity index (χ1n) is 12.0. The number of anilines is 2. The lowest BCUT2D eigenvalue weighted by atomic mass is 9.70. The number of rotatable bonds is 7. The highest BCUT2D eigenvalue weighted by Crippen LogP contribution is 2.40. The molecule has 0 saturated heterocycles. The van der Waals surface area contributed by atoms with Gasteiger partial charge >= 0.3 is 5.97 Å². The molecule has 5 rings (SSSR count). The van der Waals surface area contributed by atoms with Crippen molar-refractivity contribution in [2.75, 3.05) is 23.5 Å². The summed E-state index contributed by atoms with van der Waals surface area (Å²) in [5, 5.41) is 18.1. The van der Waals surface area contributed by atoms with Crippen molar-refractivity contribution in [3.63, 3.8) is 0 Å². The number of halogens is 2. The number of thioether (sulfide) groups is 1. The number of nitrogens with one attached hydrogen (secondary N) is 3. The molecule has 0 spiro atoms. The molecule has 1 saturated carbocycles. The Balaban J connectivity index is 1.29. The molecule has 3 atom stereocenters. The first kappa shape index (κ1) is 26.7. The molecule has 0 aromatic carbocycles. The van der Waals surface area contributed by atoms with Crippen LogP contribution >= 0.6 is 11.8 Å². The summed E-state index contributed by atoms with van der Waals surface area (Å²) in [7, 11) is 1.43. The van der Waals surface area contributed by atoms with E-state index in [9.17, 15) is 23.9 Å². The Bertz CT molecular complexity index is 1480. The number of pyridine rings is 3. The fourth-order valence-corrected chi connectivity index (χ4v) is 5.50. The number of carbonyl (C=O) groups is 3. The van der Waals surface area contributed by atoms with Crippen LogP contribution in [0, 0.1) is 11.2 Å². The van der Waals surface area contributed by atoms with Gasteiger partial charge in [-0.25, -0.2) is 18.7 Å². The van der Waals surface area contributed by atoms with E-state index in [0.29, 0.717) is 15.9 Å². The second kappa shape index (κ2) is 10.7. The quantitative estimate of drug-likeness (QED) is 0.318. The Hall–Kier alpha value is -3.91. The number of carboxylic acid groups (broad SMARTS) is 1. The first-order chi connectivity index (χ1) is 18.7. The number of carbonyl (C=O) groups excluding carboxylic acids is 2. The predicted octanol–water partition coefficient (Wildman–Crippen LogP) is 2.91. The number of aliphatic carboxylic acids is 1. The summed E-state index contributed by atoms with van der Waals surface area (Å²) < 4.78 is 35.0. The third-order valence-electron chi connectivity index (χ3n) is 6.88. The van der Waals surface area contributed by atoms with Gasteiger partial charge in [-0.15, -0.1) is 11.8 Å². The summed E-state index contributed by atoms with van der Waals surface area (Å²) in [5.74, 6) is -2.49. The molecule has 0 bridgehead atoms. The van der Waals surface area contributed by atoms with Crippen LogP contribution in [0.3, 0.4) is 0 Å². The average molecular weight is 559 g/mol. The van der Waals surface area contributed by atoms with E-state index in [0.717, 1.165) is 0 Å². The van der Waals surface area contributed by atoms with Crippen molar-refractivity contribution in [3.8, 4) is 5.88 Å². The topological polar surface area (TPSA) is 155 Å². The molecule has 14 heteroatoms. The number of fused-ring (bicyclic) bond motifs is 2. The standard InChI is InChI=1S/C25H24F2N6O5S/c1-38-20-3-2-15-21(33-20)16(5-7-28-15)31-23(35)25(24(36)37)6-4-14(13(27)9-25)29-10-17-12(26)8-18-22(30-17)32-19(34)11-39-18/h2-3,5,7-8,13-14,29H,4,6,9-11H2,1H3,(H,36,37)(H,28,31,35)(H,30,32,34)/t13-,14+,25+/m0/s1. The van der Waals surface area contributed by atoms with E-state index >= 15 is 4.39 Å². The number of aromatic nitrogens is 3. The van der Waals surface area contributed by atoms with Gasteiger partial charge in [0.2, 0.25) is 17.7 Å². The van der Waals surface area contributed by atoms with Crippen LogP contribution in [0.1, 0.15) is 25.0 Å². The Morgan fingerprint density at radius 3 is 2.87 bits per heavy atom. The molecule has 4 heterocycles.